The van der Waals surface area contributed by atoms with Gasteiger partial charge in [0.1, 0.15) is 0 Å². The van der Waals surface area contributed by atoms with Gasteiger partial charge in [-0.3, -0.25) is 0 Å². The lowest BCUT2D eigenvalue weighted by molar-refractivity contribution is 0.666. The largest absolute Gasteiger partial charge is 0.334 e. The molecule has 0 aromatic heterocycles. The summed E-state index contributed by atoms with van der Waals surface area (Å²) >= 11 is 2.07. The molecule has 2 atom stereocenters. The molecule has 1 aliphatic carbocycles. The molecule has 5 heterocycles. The molecule has 6 aliphatic rings. The zero-order valence-corrected chi connectivity index (χ0v) is 38.6. The van der Waals surface area contributed by atoms with Gasteiger partial charge in [0.15, 0.2) is 0 Å². The van der Waals surface area contributed by atoms with Crippen molar-refractivity contribution in [3.05, 3.63) is 241 Å². The Morgan fingerprint density at radius 3 is 1.60 bits per heavy atom. The van der Waals surface area contributed by atoms with Gasteiger partial charge in [-0.1, -0.05) is 147 Å². The highest BCUT2D eigenvalue weighted by Gasteiger charge is 2.56. The fourth-order valence-corrected chi connectivity index (χ4v) is 14.8. The van der Waals surface area contributed by atoms with Gasteiger partial charge < -0.3 is 19.6 Å². The number of hydrogen-bond donors (Lipinski definition) is 0. The van der Waals surface area contributed by atoms with Crippen LogP contribution in [0.25, 0.3) is 5.70 Å². The third kappa shape index (κ3) is 5.09. The molecule has 320 valence electrons. The van der Waals surface area contributed by atoms with Gasteiger partial charge >= 0.3 is 0 Å². The number of para-hydroxylation sites is 4. The smallest absolute Gasteiger partial charge is 0.248 e. The molecule has 4 nitrogen and oxygen atoms in total. The highest BCUT2D eigenvalue weighted by Crippen LogP contribution is 2.58. The normalized spacial score (nSPS) is 18.3. The van der Waals surface area contributed by atoms with E-state index in [1.165, 1.54) is 106 Å². The molecule has 5 aliphatic heterocycles. The first-order chi connectivity index (χ1) is 33.6. The maximum Gasteiger partial charge on any atom is 0.248 e. The van der Waals surface area contributed by atoms with E-state index >= 15 is 0 Å². The van der Waals surface area contributed by atoms with Crippen LogP contribution in [0.4, 0.5) is 56.9 Å². The van der Waals surface area contributed by atoms with Crippen LogP contribution in [0.15, 0.2) is 229 Å². The number of nitrogens with zero attached hydrogens (tertiary/aromatic N) is 4. The first-order valence-corrected chi connectivity index (χ1v) is 24.9. The van der Waals surface area contributed by atoms with Crippen molar-refractivity contribution in [2.75, 3.05) is 19.6 Å². The lowest BCUT2D eigenvalue weighted by Crippen LogP contribution is -2.64. The number of allylic oxidation sites excluding steroid dienone is 1. The minimum absolute atomic E-state index is 0.0121. The second-order valence-corrected chi connectivity index (χ2v) is 20.7. The van der Waals surface area contributed by atoms with E-state index in [2.05, 4.69) is 264 Å². The number of rotatable bonds is 4. The number of fused-ring (bicyclic) bond motifs is 11. The van der Waals surface area contributed by atoms with E-state index in [0.29, 0.717) is 0 Å². The van der Waals surface area contributed by atoms with E-state index in [0.717, 1.165) is 5.69 Å². The third-order valence-electron chi connectivity index (χ3n) is 15.8. The Balaban J connectivity index is 1.06. The van der Waals surface area contributed by atoms with Gasteiger partial charge in [0.05, 0.1) is 6.04 Å². The van der Waals surface area contributed by atoms with Gasteiger partial charge in [0.25, 0.3) is 0 Å². The standard InChI is InChI=1S/C61H44B2N4S/c1-61(2)45-31-17-15-29-43(45)57-59(61)62-46-37-53-47(38-52(46)64(39-21-7-3-8-22-39)48-32-19-34-50(55(48)62)66(57)41-25-11-5-12-26-41)63-56-49(65(53)40-23-9-4-10-24-40)33-20-35-51(56)67(42-27-13-6-14-28-42)58-44-30-16-18-36-54(44)68-60(58)63/h3-38,58,60H,1-2H3. The Morgan fingerprint density at radius 2 is 0.941 bits per heavy atom. The minimum Gasteiger partial charge on any atom is -0.334 e. The molecular formula is C61H44B2N4S. The second kappa shape index (κ2) is 14.2. The molecule has 68 heavy (non-hydrogen) atoms. The topological polar surface area (TPSA) is 13.0 Å². The average Bonchev–Trinajstić information content (AvgIpc) is 3.89. The number of hydrogen-bond acceptors (Lipinski definition) is 5. The summed E-state index contributed by atoms with van der Waals surface area (Å²) < 4.78 is 0. The SMILES string of the molecule is CC1(C)C2=C(c3ccccc31)N(c1ccccc1)c1cccc3c1B2c1cc2c(cc1N3c1ccccc1)B1c3c(cccc3N(c3ccccc3)C3c4ccccc4SC13)N2c1ccccc1. The van der Waals surface area contributed by atoms with Crippen LogP contribution in [-0.2, 0) is 5.41 Å². The summed E-state index contributed by atoms with van der Waals surface area (Å²) in [4.78, 5) is 11.8. The minimum atomic E-state index is -0.263. The maximum atomic E-state index is 2.66. The van der Waals surface area contributed by atoms with E-state index in [-0.39, 0.29) is 30.0 Å². The lowest BCUT2D eigenvalue weighted by atomic mass is 9.29. The van der Waals surface area contributed by atoms with Gasteiger partial charge in [-0.2, -0.15) is 0 Å². The molecule has 0 saturated carbocycles. The molecule has 0 radical (unpaired) electrons. The molecule has 9 aromatic rings. The van der Waals surface area contributed by atoms with Crippen molar-refractivity contribution in [1.29, 1.82) is 0 Å². The van der Waals surface area contributed by atoms with Crippen molar-refractivity contribution in [3.8, 4) is 0 Å². The first-order valence-electron chi connectivity index (χ1n) is 24.0. The second-order valence-electron chi connectivity index (χ2n) is 19.5. The average molecular weight is 887 g/mol. The maximum absolute atomic E-state index is 2.66. The molecule has 0 saturated heterocycles. The van der Waals surface area contributed by atoms with E-state index in [1.54, 1.807) is 0 Å². The quantitative estimate of drug-likeness (QED) is 0.163. The number of thioether (sulfide) groups is 1. The molecule has 0 amide bonds. The van der Waals surface area contributed by atoms with Crippen LogP contribution in [0.1, 0.15) is 36.6 Å². The van der Waals surface area contributed by atoms with Crippen molar-refractivity contribution in [1.82, 2.24) is 0 Å². The summed E-state index contributed by atoms with van der Waals surface area (Å²) in [7, 11) is 0. The Morgan fingerprint density at radius 1 is 0.441 bits per heavy atom. The summed E-state index contributed by atoms with van der Waals surface area (Å²) in [6.45, 7) is 5.03. The van der Waals surface area contributed by atoms with Gasteiger partial charge in [-0.25, -0.2) is 0 Å². The predicted octanol–water partition coefficient (Wildman–Crippen LogP) is 12.8. The van der Waals surface area contributed by atoms with Crippen LogP contribution in [0.3, 0.4) is 0 Å². The third-order valence-corrected chi connectivity index (χ3v) is 17.2. The van der Waals surface area contributed by atoms with Gasteiger partial charge in [0, 0.05) is 83.6 Å². The Bertz CT molecular complexity index is 3580. The fraction of sp³-hybridized carbons (Fsp3) is 0.0820. The van der Waals surface area contributed by atoms with Crippen LogP contribution >= 0.6 is 11.8 Å². The summed E-state index contributed by atoms with van der Waals surface area (Å²) in [5.74, 6) is 0. The van der Waals surface area contributed by atoms with E-state index in [1.807, 2.05) is 0 Å². The summed E-state index contributed by atoms with van der Waals surface area (Å²) in [5.41, 5.74) is 24.4. The van der Waals surface area contributed by atoms with Crippen molar-refractivity contribution >= 4 is 110 Å². The van der Waals surface area contributed by atoms with Crippen molar-refractivity contribution in [2.45, 2.75) is 35.3 Å². The molecule has 0 N–H and O–H groups in total. The molecule has 2 unspecified atom stereocenters. The fourth-order valence-electron chi connectivity index (χ4n) is 13.2. The number of benzene rings is 9. The van der Waals surface area contributed by atoms with E-state index < -0.39 is 0 Å². The zero-order chi connectivity index (χ0) is 44.8. The molecule has 7 heteroatoms. The molecule has 9 aromatic carbocycles. The summed E-state index contributed by atoms with van der Waals surface area (Å²) in [6, 6.07) is 82.3. The van der Waals surface area contributed by atoms with Crippen LogP contribution in [-0.4, -0.2) is 18.6 Å². The summed E-state index contributed by atoms with van der Waals surface area (Å²) in [5, 5.41) is 0.218. The number of anilines is 10. The lowest BCUT2D eigenvalue weighted by Gasteiger charge is -2.50. The van der Waals surface area contributed by atoms with Crippen LogP contribution in [0.2, 0.25) is 0 Å². The summed E-state index contributed by atoms with van der Waals surface area (Å²) in [6.07, 6.45) is 0. The monoisotopic (exact) mass is 886 g/mol. The van der Waals surface area contributed by atoms with Gasteiger partial charge in [0.2, 0.25) is 13.4 Å². The molecule has 0 spiro atoms. The molecule has 15 rings (SSSR count). The van der Waals surface area contributed by atoms with Crippen LogP contribution < -0.4 is 41.5 Å². The Kier molecular flexibility index (Phi) is 8.05. The molecular weight excluding hydrogens is 842 g/mol. The molecule has 0 fully saturated rings. The highest BCUT2D eigenvalue weighted by molar-refractivity contribution is 8.02. The molecule has 0 bridgehead atoms. The van der Waals surface area contributed by atoms with Crippen molar-refractivity contribution in [2.24, 2.45) is 0 Å². The van der Waals surface area contributed by atoms with Crippen LogP contribution in [0, 0.1) is 0 Å². The van der Waals surface area contributed by atoms with Gasteiger partial charge in [-0.05, 0) is 124 Å². The van der Waals surface area contributed by atoms with E-state index in [4.69, 9.17) is 0 Å². The van der Waals surface area contributed by atoms with E-state index in [9.17, 15) is 0 Å². The van der Waals surface area contributed by atoms with Crippen LogP contribution in [0.5, 0.6) is 0 Å². The van der Waals surface area contributed by atoms with Crippen molar-refractivity contribution in [3.63, 3.8) is 0 Å². The first kappa shape index (κ1) is 38.5. The van der Waals surface area contributed by atoms with Crippen molar-refractivity contribution < 1.29 is 0 Å². The Hall–Kier alpha value is -7.60. The zero-order valence-electron chi connectivity index (χ0n) is 37.8. The predicted molar refractivity (Wildman–Crippen MR) is 288 cm³/mol. The Labute approximate surface area is 403 Å². The highest BCUT2D eigenvalue weighted by atomic mass is 32.2. The van der Waals surface area contributed by atoms with Gasteiger partial charge in [-0.15, -0.1) is 11.8 Å².